The molecule has 0 aromatic carbocycles. The summed E-state index contributed by atoms with van der Waals surface area (Å²) < 4.78 is 9.32. The highest BCUT2D eigenvalue weighted by Crippen LogP contribution is 2.20. The molecule has 0 aliphatic rings. The lowest BCUT2D eigenvalue weighted by atomic mass is 10.1. The minimum absolute atomic E-state index is 0. The number of carbonyl (C=O) groups is 2. The third-order valence-electron chi connectivity index (χ3n) is 1.75. The first-order valence-electron chi connectivity index (χ1n) is 6.62. The van der Waals surface area contributed by atoms with Crippen molar-refractivity contribution in [1.29, 1.82) is 0 Å². The summed E-state index contributed by atoms with van der Waals surface area (Å²) in [6.45, 7) is 12.4. The van der Waals surface area contributed by atoms with Crippen LogP contribution < -0.4 is 0 Å². The van der Waals surface area contributed by atoms with Gasteiger partial charge in [0.2, 0.25) is 0 Å². The molecule has 0 heterocycles. The molecule has 122 valence electrons. The van der Waals surface area contributed by atoms with Crippen LogP contribution in [0, 0.1) is 5.92 Å². The van der Waals surface area contributed by atoms with Gasteiger partial charge < -0.3 is 9.47 Å². The molecule has 0 saturated carbocycles. The molecule has 0 unspecified atom stereocenters. The van der Waals surface area contributed by atoms with E-state index in [0.29, 0.717) is 32.0 Å². The lowest BCUT2D eigenvalue weighted by Crippen LogP contribution is -2.17. The maximum Gasteiger partial charge on any atom is 0.307 e. The Hall–Kier alpha value is -0.100. The highest BCUT2D eigenvalue weighted by molar-refractivity contribution is 9.10. The van der Waals surface area contributed by atoms with Gasteiger partial charge in [-0.3, -0.25) is 9.59 Å². The first kappa shape index (κ1) is 24.9. The predicted octanol–water partition coefficient (Wildman–Crippen LogP) is 4.29. The van der Waals surface area contributed by atoms with Crippen molar-refractivity contribution in [3.63, 3.8) is 0 Å². The topological polar surface area (TPSA) is 52.6 Å². The Balaban J connectivity index is -0.000000277. The van der Waals surface area contributed by atoms with Gasteiger partial charge in [0, 0.05) is 10.7 Å². The van der Waals surface area contributed by atoms with Crippen molar-refractivity contribution in [2.24, 2.45) is 5.92 Å². The maximum atomic E-state index is 10.8. The molecule has 0 radical (unpaired) electrons. The Labute approximate surface area is 141 Å². The van der Waals surface area contributed by atoms with Crippen LogP contribution in [0.25, 0.3) is 0 Å². The van der Waals surface area contributed by atoms with Gasteiger partial charge in [0.15, 0.2) is 0 Å². The molecule has 0 aromatic rings. The molecular formula is C14H28Br2O4. The van der Waals surface area contributed by atoms with Gasteiger partial charge in [0.25, 0.3) is 0 Å². The lowest BCUT2D eigenvalue weighted by molar-refractivity contribution is -0.144. The van der Waals surface area contributed by atoms with E-state index in [2.05, 4.69) is 15.9 Å². The number of halogens is 2. The van der Waals surface area contributed by atoms with E-state index in [9.17, 15) is 9.59 Å². The van der Waals surface area contributed by atoms with E-state index in [1.54, 1.807) is 6.92 Å². The SMILES string of the molecule is Br.CCOC(=O)CC(C)(C)Br.CCOC(=O)CC(C)C. The largest absolute Gasteiger partial charge is 0.466 e. The van der Waals surface area contributed by atoms with Crippen molar-refractivity contribution < 1.29 is 19.1 Å². The highest BCUT2D eigenvalue weighted by atomic mass is 79.9. The standard InChI is InChI=1S/C7H13BrO2.C7H14O2.BrH/c1-4-10-6(9)5-7(2,3)8;1-4-9-7(8)5-6(2)3;/h4-5H2,1-3H3;6H,4-5H2,1-3H3;1H. The average molecular weight is 420 g/mol. The molecule has 0 aliphatic heterocycles. The first-order valence-corrected chi connectivity index (χ1v) is 7.41. The van der Waals surface area contributed by atoms with Gasteiger partial charge >= 0.3 is 11.9 Å². The molecule has 0 N–H and O–H groups in total. The molecule has 4 nitrogen and oxygen atoms in total. The molecule has 0 aliphatic carbocycles. The van der Waals surface area contributed by atoms with E-state index < -0.39 is 0 Å². The second kappa shape index (κ2) is 13.9. The van der Waals surface area contributed by atoms with E-state index in [1.165, 1.54) is 0 Å². The lowest BCUT2D eigenvalue weighted by Gasteiger charge is -2.13. The van der Waals surface area contributed by atoms with Crippen LogP contribution in [0.4, 0.5) is 0 Å². The summed E-state index contributed by atoms with van der Waals surface area (Å²) in [5.41, 5.74) is 0. The zero-order chi connectivity index (χ0) is 15.5. The number of carbonyl (C=O) groups excluding carboxylic acids is 2. The van der Waals surface area contributed by atoms with Crippen LogP contribution in [-0.2, 0) is 19.1 Å². The second-order valence-corrected chi connectivity index (χ2v) is 7.25. The predicted molar refractivity (Wildman–Crippen MR) is 90.7 cm³/mol. The van der Waals surface area contributed by atoms with Crippen LogP contribution >= 0.6 is 32.9 Å². The van der Waals surface area contributed by atoms with Crippen molar-refractivity contribution in [2.75, 3.05) is 13.2 Å². The molecule has 20 heavy (non-hydrogen) atoms. The fourth-order valence-electron chi connectivity index (χ4n) is 1.11. The van der Waals surface area contributed by atoms with Crippen LogP contribution in [0.5, 0.6) is 0 Å². The van der Waals surface area contributed by atoms with Crippen LogP contribution in [0.1, 0.15) is 54.4 Å². The first-order chi connectivity index (χ1) is 8.62. The normalized spacial score (nSPS) is 10.0. The molecular weight excluding hydrogens is 392 g/mol. The molecule has 0 bridgehead atoms. The quantitative estimate of drug-likeness (QED) is 0.476. The van der Waals surface area contributed by atoms with Gasteiger partial charge in [-0.15, -0.1) is 17.0 Å². The molecule has 0 amide bonds. The molecule has 0 rings (SSSR count). The Morgan fingerprint density at radius 1 is 1.05 bits per heavy atom. The van der Waals surface area contributed by atoms with Crippen molar-refractivity contribution in [3.05, 3.63) is 0 Å². The van der Waals surface area contributed by atoms with E-state index >= 15 is 0 Å². The third kappa shape index (κ3) is 23.0. The fraction of sp³-hybridized carbons (Fsp3) is 0.857. The Kier molecular flexibility index (Phi) is 17.3. The fourth-order valence-corrected chi connectivity index (χ4v) is 1.34. The van der Waals surface area contributed by atoms with Crippen LogP contribution in [0.3, 0.4) is 0 Å². The van der Waals surface area contributed by atoms with Crippen LogP contribution in [0.2, 0.25) is 0 Å². The highest BCUT2D eigenvalue weighted by Gasteiger charge is 2.18. The number of hydrogen-bond donors (Lipinski definition) is 0. The zero-order valence-corrected chi connectivity index (χ0v) is 16.6. The number of rotatable bonds is 6. The van der Waals surface area contributed by atoms with E-state index in [-0.39, 0.29) is 33.2 Å². The zero-order valence-electron chi connectivity index (χ0n) is 13.3. The number of esters is 2. The smallest absolute Gasteiger partial charge is 0.307 e. The molecule has 0 aromatic heterocycles. The third-order valence-corrected chi connectivity index (χ3v) is 2.03. The molecule has 0 spiro atoms. The number of hydrogen-bond acceptors (Lipinski definition) is 4. The average Bonchev–Trinajstić information content (AvgIpc) is 2.14. The Bertz CT molecular complexity index is 260. The summed E-state index contributed by atoms with van der Waals surface area (Å²) in [7, 11) is 0. The summed E-state index contributed by atoms with van der Waals surface area (Å²) in [6, 6.07) is 0. The summed E-state index contributed by atoms with van der Waals surface area (Å²) in [6.07, 6.45) is 0.953. The van der Waals surface area contributed by atoms with Crippen LogP contribution in [0.15, 0.2) is 0 Å². The number of alkyl halides is 1. The summed E-state index contributed by atoms with van der Waals surface area (Å²) >= 11 is 3.35. The van der Waals surface area contributed by atoms with Gasteiger partial charge in [-0.25, -0.2) is 0 Å². The molecule has 0 saturated heterocycles. The molecule has 0 fully saturated rings. The minimum Gasteiger partial charge on any atom is -0.466 e. The molecule has 6 heteroatoms. The van der Waals surface area contributed by atoms with Gasteiger partial charge in [-0.2, -0.15) is 0 Å². The van der Waals surface area contributed by atoms with Gasteiger partial charge in [-0.1, -0.05) is 29.8 Å². The van der Waals surface area contributed by atoms with Crippen molar-refractivity contribution >= 4 is 44.9 Å². The summed E-state index contributed by atoms with van der Waals surface area (Å²) in [4.78, 5) is 21.4. The summed E-state index contributed by atoms with van der Waals surface area (Å²) in [5, 5.41) is 0. The van der Waals surface area contributed by atoms with Crippen molar-refractivity contribution in [3.8, 4) is 0 Å². The van der Waals surface area contributed by atoms with Gasteiger partial charge in [-0.05, 0) is 33.6 Å². The maximum absolute atomic E-state index is 10.8. The van der Waals surface area contributed by atoms with Crippen LogP contribution in [-0.4, -0.2) is 29.5 Å². The summed E-state index contributed by atoms with van der Waals surface area (Å²) in [5.74, 6) is 0.168. The Morgan fingerprint density at radius 3 is 1.75 bits per heavy atom. The second-order valence-electron chi connectivity index (χ2n) is 5.10. The monoisotopic (exact) mass is 418 g/mol. The Morgan fingerprint density at radius 2 is 1.45 bits per heavy atom. The minimum atomic E-state index is -0.149. The van der Waals surface area contributed by atoms with Gasteiger partial charge in [0.05, 0.1) is 19.6 Å². The van der Waals surface area contributed by atoms with E-state index in [0.717, 1.165) is 0 Å². The van der Waals surface area contributed by atoms with Crippen molar-refractivity contribution in [2.45, 2.75) is 58.7 Å². The number of ether oxygens (including phenoxy) is 2. The van der Waals surface area contributed by atoms with E-state index in [4.69, 9.17) is 9.47 Å². The molecule has 0 atom stereocenters. The van der Waals surface area contributed by atoms with Crippen molar-refractivity contribution in [1.82, 2.24) is 0 Å². The van der Waals surface area contributed by atoms with Gasteiger partial charge in [0.1, 0.15) is 0 Å². The van der Waals surface area contributed by atoms with E-state index in [1.807, 2.05) is 34.6 Å².